The normalized spacial score (nSPS) is 12.4. The molecule has 0 N–H and O–H groups in total. The van der Waals surface area contributed by atoms with Crippen LogP contribution in [0.4, 0.5) is 0 Å². The fraction of sp³-hybridized carbons (Fsp3) is 0.944. The lowest BCUT2D eigenvalue weighted by Crippen LogP contribution is -2.30. The van der Waals surface area contributed by atoms with Crippen molar-refractivity contribution in [2.24, 2.45) is 5.92 Å². The summed E-state index contributed by atoms with van der Waals surface area (Å²) >= 11 is 0. The van der Waals surface area contributed by atoms with Crippen molar-refractivity contribution in [1.29, 1.82) is 0 Å². The summed E-state index contributed by atoms with van der Waals surface area (Å²) < 4.78 is 16.8. The molecule has 0 spiro atoms. The Morgan fingerprint density at radius 1 is 0.333 bits per heavy atom. The summed E-state index contributed by atoms with van der Waals surface area (Å²) in [6, 6.07) is 0. The van der Waals surface area contributed by atoms with Crippen molar-refractivity contribution in [2.75, 3.05) is 13.2 Å². The third-order valence-electron chi connectivity index (χ3n) is 12.7. The predicted octanol–water partition coefficient (Wildman–Crippen LogP) is 17.5. The van der Waals surface area contributed by atoms with Crippen LogP contribution >= 0.6 is 0 Å². The Morgan fingerprint density at radius 2 is 0.583 bits per heavy atom. The molecule has 0 saturated carbocycles. The van der Waals surface area contributed by atoms with Gasteiger partial charge in [0, 0.05) is 19.3 Å². The van der Waals surface area contributed by atoms with Gasteiger partial charge in [0.05, 0.1) is 0 Å². The third-order valence-corrected chi connectivity index (χ3v) is 12.7. The van der Waals surface area contributed by atoms with Gasteiger partial charge in [0.25, 0.3) is 0 Å². The zero-order valence-corrected chi connectivity index (χ0v) is 40.9. The molecule has 0 bridgehead atoms. The number of hydrogen-bond acceptors (Lipinski definition) is 6. The first-order chi connectivity index (χ1) is 29.4. The van der Waals surface area contributed by atoms with E-state index in [0.29, 0.717) is 19.3 Å². The molecule has 0 heterocycles. The molecule has 0 saturated heterocycles. The van der Waals surface area contributed by atoms with Crippen LogP contribution in [0, 0.1) is 5.92 Å². The second-order valence-corrected chi connectivity index (χ2v) is 18.8. The minimum absolute atomic E-state index is 0.0626. The molecule has 0 aliphatic heterocycles. The fourth-order valence-electron chi connectivity index (χ4n) is 8.19. The van der Waals surface area contributed by atoms with Crippen molar-refractivity contribution in [3.05, 3.63) is 0 Å². The number of rotatable bonds is 49. The maximum Gasteiger partial charge on any atom is 0.306 e. The minimum atomic E-state index is -0.761. The first-order valence-corrected chi connectivity index (χ1v) is 26.9. The van der Waals surface area contributed by atoms with Crippen LogP contribution < -0.4 is 0 Å². The Kier molecular flexibility index (Phi) is 47.2. The SMILES string of the molecule is CCCCCCCCCCCCCCCCCCCC(=O)OC[C@@H](COC(=O)CCCCCCCCCCCCC)OC(=O)CCCCCCCCCCCCC(C)CC. The molecule has 2 atom stereocenters. The summed E-state index contributed by atoms with van der Waals surface area (Å²) in [5, 5.41) is 0. The van der Waals surface area contributed by atoms with E-state index >= 15 is 0 Å². The smallest absolute Gasteiger partial charge is 0.306 e. The van der Waals surface area contributed by atoms with Gasteiger partial charge >= 0.3 is 17.9 Å². The van der Waals surface area contributed by atoms with E-state index in [-0.39, 0.29) is 31.1 Å². The summed E-state index contributed by atoms with van der Waals surface area (Å²) in [5.41, 5.74) is 0. The van der Waals surface area contributed by atoms with Crippen LogP contribution in [-0.2, 0) is 28.6 Å². The fourth-order valence-corrected chi connectivity index (χ4v) is 8.19. The largest absolute Gasteiger partial charge is 0.462 e. The molecule has 0 radical (unpaired) electrons. The van der Waals surface area contributed by atoms with Crippen molar-refractivity contribution >= 4 is 17.9 Å². The van der Waals surface area contributed by atoms with Gasteiger partial charge in [0.15, 0.2) is 6.10 Å². The Hall–Kier alpha value is -1.59. The van der Waals surface area contributed by atoms with Crippen molar-refractivity contribution in [2.45, 2.75) is 310 Å². The van der Waals surface area contributed by atoms with Crippen LogP contribution in [0.1, 0.15) is 304 Å². The standard InChI is InChI=1S/C54H104O6/c1-5-8-10-12-14-16-18-19-20-21-22-23-25-30-34-38-42-46-53(56)59-49-51(48-58-52(55)45-41-37-33-29-24-17-15-13-11-9-6-2)60-54(57)47-43-39-35-31-27-26-28-32-36-40-44-50(4)7-3/h50-51H,5-49H2,1-4H3/t50?,51-/m1/s1. The molecule has 0 amide bonds. The van der Waals surface area contributed by atoms with E-state index in [1.165, 1.54) is 199 Å². The lowest BCUT2D eigenvalue weighted by Gasteiger charge is -2.18. The van der Waals surface area contributed by atoms with Crippen LogP contribution in [0.3, 0.4) is 0 Å². The number of unbranched alkanes of at least 4 members (excludes halogenated alkanes) is 35. The molecule has 0 aromatic heterocycles. The predicted molar refractivity (Wildman–Crippen MR) is 257 cm³/mol. The highest BCUT2D eigenvalue weighted by molar-refractivity contribution is 5.71. The van der Waals surface area contributed by atoms with E-state index in [2.05, 4.69) is 27.7 Å². The molecule has 0 fully saturated rings. The second-order valence-electron chi connectivity index (χ2n) is 18.8. The molecule has 356 valence electrons. The molecule has 6 nitrogen and oxygen atoms in total. The Bertz CT molecular complexity index is 905. The molecule has 60 heavy (non-hydrogen) atoms. The van der Waals surface area contributed by atoms with Crippen molar-refractivity contribution in [3.8, 4) is 0 Å². The van der Waals surface area contributed by atoms with Crippen LogP contribution in [-0.4, -0.2) is 37.2 Å². The second kappa shape index (κ2) is 48.4. The quantitative estimate of drug-likeness (QED) is 0.0345. The average molecular weight is 849 g/mol. The molecule has 0 rings (SSSR count). The summed E-state index contributed by atoms with van der Waals surface area (Å²) in [6.07, 6.45) is 50.8. The first-order valence-electron chi connectivity index (χ1n) is 26.9. The monoisotopic (exact) mass is 849 g/mol. The van der Waals surface area contributed by atoms with Gasteiger partial charge in [-0.15, -0.1) is 0 Å². The molecule has 0 aromatic rings. The van der Waals surface area contributed by atoms with E-state index < -0.39 is 6.10 Å². The zero-order valence-electron chi connectivity index (χ0n) is 40.9. The van der Waals surface area contributed by atoms with Crippen molar-refractivity contribution < 1.29 is 28.6 Å². The van der Waals surface area contributed by atoms with Gasteiger partial charge in [-0.05, 0) is 25.2 Å². The Labute approximate surface area is 374 Å². The van der Waals surface area contributed by atoms with Crippen molar-refractivity contribution in [1.82, 2.24) is 0 Å². The maximum atomic E-state index is 12.8. The lowest BCUT2D eigenvalue weighted by atomic mass is 9.99. The lowest BCUT2D eigenvalue weighted by molar-refractivity contribution is -0.167. The van der Waals surface area contributed by atoms with Crippen LogP contribution in [0.25, 0.3) is 0 Å². The van der Waals surface area contributed by atoms with Crippen LogP contribution in [0.2, 0.25) is 0 Å². The van der Waals surface area contributed by atoms with E-state index in [4.69, 9.17) is 14.2 Å². The Morgan fingerprint density at radius 3 is 0.867 bits per heavy atom. The topological polar surface area (TPSA) is 78.9 Å². The van der Waals surface area contributed by atoms with Crippen LogP contribution in [0.5, 0.6) is 0 Å². The zero-order chi connectivity index (χ0) is 43.8. The van der Waals surface area contributed by atoms with Crippen molar-refractivity contribution in [3.63, 3.8) is 0 Å². The molecule has 0 aliphatic carbocycles. The van der Waals surface area contributed by atoms with Gasteiger partial charge in [-0.3, -0.25) is 14.4 Å². The summed E-state index contributed by atoms with van der Waals surface area (Å²) in [5.74, 6) is 0.0247. The van der Waals surface area contributed by atoms with Gasteiger partial charge in [0.1, 0.15) is 13.2 Å². The molecular weight excluding hydrogens is 745 g/mol. The molecule has 0 aromatic carbocycles. The average Bonchev–Trinajstić information content (AvgIpc) is 3.25. The van der Waals surface area contributed by atoms with E-state index in [1.54, 1.807) is 0 Å². The molecule has 0 aliphatic rings. The van der Waals surface area contributed by atoms with Gasteiger partial charge in [-0.25, -0.2) is 0 Å². The highest BCUT2D eigenvalue weighted by Crippen LogP contribution is 2.18. The number of esters is 3. The molecule has 1 unspecified atom stereocenters. The summed E-state index contributed by atoms with van der Waals surface area (Å²) in [4.78, 5) is 38.0. The van der Waals surface area contributed by atoms with Crippen LogP contribution in [0.15, 0.2) is 0 Å². The number of carbonyl (C=O) groups is 3. The van der Waals surface area contributed by atoms with Gasteiger partial charge in [-0.2, -0.15) is 0 Å². The Balaban J connectivity index is 4.28. The maximum absolute atomic E-state index is 12.8. The summed E-state index contributed by atoms with van der Waals surface area (Å²) in [6.45, 7) is 9.05. The van der Waals surface area contributed by atoms with E-state index in [9.17, 15) is 14.4 Å². The highest BCUT2D eigenvalue weighted by Gasteiger charge is 2.19. The third kappa shape index (κ3) is 45.9. The molecular formula is C54H104O6. The van der Waals surface area contributed by atoms with Gasteiger partial charge < -0.3 is 14.2 Å². The minimum Gasteiger partial charge on any atom is -0.462 e. The summed E-state index contributed by atoms with van der Waals surface area (Å²) in [7, 11) is 0. The molecule has 6 heteroatoms. The van der Waals surface area contributed by atoms with Gasteiger partial charge in [0.2, 0.25) is 0 Å². The first kappa shape index (κ1) is 58.4. The number of ether oxygens (including phenoxy) is 3. The number of hydrogen-bond donors (Lipinski definition) is 0. The van der Waals surface area contributed by atoms with E-state index in [0.717, 1.165) is 63.7 Å². The highest BCUT2D eigenvalue weighted by atomic mass is 16.6. The number of carbonyl (C=O) groups excluding carboxylic acids is 3. The van der Waals surface area contributed by atoms with E-state index in [1.807, 2.05) is 0 Å². The van der Waals surface area contributed by atoms with Gasteiger partial charge in [-0.1, -0.05) is 265 Å².